The predicted molar refractivity (Wildman–Crippen MR) is 127 cm³/mol. The first-order valence-electron chi connectivity index (χ1n) is 10.2. The summed E-state index contributed by atoms with van der Waals surface area (Å²) in [6.45, 7) is 5.69. The van der Waals surface area contributed by atoms with E-state index in [0.717, 1.165) is 0 Å². The molecule has 2 heterocycles. The Morgan fingerprint density at radius 1 is 1.03 bits per heavy atom. The summed E-state index contributed by atoms with van der Waals surface area (Å²) in [4.78, 5) is 26.6. The molecule has 4 rings (SSSR count). The lowest BCUT2D eigenvalue weighted by Gasteiger charge is -2.20. The van der Waals surface area contributed by atoms with Gasteiger partial charge in [-0.15, -0.1) is 0 Å². The molecule has 32 heavy (non-hydrogen) atoms. The predicted octanol–water partition coefficient (Wildman–Crippen LogP) is 4.37. The molecular formula is C23H23ClN6O2. The summed E-state index contributed by atoms with van der Waals surface area (Å²) in [7, 11) is 0. The van der Waals surface area contributed by atoms with Crippen LogP contribution in [0.1, 0.15) is 32.6 Å². The van der Waals surface area contributed by atoms with E-state index in [0.29, 0.717) is 39.1 Å². The van der Waals surface area contributed by atoms with Crippen molar-refractivity contribution in [2.75, 3.05) is 11.1 Å². The average Bonchev–Trinajstić information content (AvgIpc) is 2.73. The fraction of sp³-hybridized carbons (Fsp3) is 0.217. The average molecular weight is 451 g/mol. The van der Waals surface area contributed by atoms with E-state index in [9.17, 15) is 4.79 Å². The summed E-state index contributed by atoms with van der Waals surface area (Å²) < 4.78 is 7.21. The number of ether oxygens (including phenoxy) is 1. The molecule has 0 saturated heterocycles. The number of fused-ring (bicyclic) bond motifs is 1. The molecule has 2 aromatic heterocycles. The third-order valence-electron chi connectivity index (χ3n) is 4.72. The molecule has 0 amide bonds. The highest BCUT2D eigenvalue weighted by molar-refractivity contribution is 6.35. The molecule has 4 aromatic rings. The normalized spacial score (nSPS) is 12.2. The second-order valence-electron chi connectivity index (χ2n) is 7.56. The highest BCUT2D eigenvalue weighted by Crippen LogP contribution is 2.25. The number of aromatic nitrogens is 4. The van der Waals surface area contributed by atoms with Crippen molar-refractivity contribution in [2.24, 2.45) is 0 Å². The molecule has 9 heteroatoms. The van der Waals surface area contributed by atoms with Gasteiger partial charge in [0.15, 0.2) is 0 Å². The topological polar surface area (TPSA) is 108 Å². The summed E-state index contributed by atoms with van der Waals surface area (Å²) in [5.41, 5.74) is 6.81. The fourth-order valence-corrected chi connectivity index (χ4v) is 3.68. The van der Waals surface area contributed by atoms with E-state index in [1.54, 1.807) is 28.8 Å². The van der Waals surface area contributed by atoms with Crippen molar-refractivity contribution in [1.82, 2.24) is 19.5 Å². The number of benzene rings is 2. The van der Waals surface area contributed by atoms with Crippen LogP contribution in [0.2, 0.25) is 5.02 Å². The highest BCUT2D eigenvalue weighted by Gasteiger charge is 2.20. The maximum Gasteiger partial charge on any atom is 0.267 e. The zero-order valence-corrected chi connectivity index (χ0v) is 18.7. The number of nitrogens with one attached hydrogen (secondary N) is 1. The largest absolute Gasteiger partial charge is 0.475 e. The lowest BCUT2D eigenvalue weighted by Crippen LogP contribution is -2.27. The molecule has 0 aliphatic heterocycles. The van der Waals surface area contributed by atoms with E-state index in [4.69, 9.17) is 27.1 Å². The second-order valence-corrected chi connectivity index (χ2v) is 7.97. The van der Waals surface area contributed by atoms with Gasteiger partial charge in [-0.2, -0.15) is 9.97 Å². The third-order valence-corrected chi connectivity index (χ3v) is 5.03. The standard InChI is InChI=1S/C23H23ClN6O2/c1-13(2)32-19-12-18(28-23(25)29-19)26-14(3)21-27-17-11-7-10-16(24)20(17)22(31)30(21)15-8-5-4-6-9-15/h4-14H,1-3H3,(H3,25,26,28,29)/t14-/m0/s1. The highest BCUT2D eigenvalue weighted by atomic mass is 35.5. The molecule has 0 radical (unpaired) electrons. The number of nitrogen functional groups attached to an aromatic ring is 1. The van der Waals surface area contributed by atoms with Crippen LogP contribution < -0.4 is 21.3 Å². The Morgan fingerprint density at radius 3 is 2.50 bits per heavy atom. The monoisotopic (exact) mass is 450 g/mol. The lowest BCUT2D eigenvalue weighted by molar-refractivity contribution is 0.233. The molecule has 1 atom stereocenters. The number of hydrogen-bond donors (Lipinski definition) is 2. The maximum atomic E-state index is 13.5. The van der Waals surface area contributed by atoms with E-state index in [1.165, 1.54) is 0 Å². The summed E-state index contributed by atoms with van der Waals surface area (Å²) in [5.74, 6) is 1.40. The van der Waals surface area contributed by atoms with Crippen LogP contribution in [-0.2, 0) is 0 Å². The molecule has 0 bridgehead atoms. The van der Waals surface area contributed by atoms with Crippen LogP contribution >= 0.6 is 11.6 Å². The zero-order valence-electron chi connectivity index (χ0n) is 17.9. The lowest BCUT2D eigenvalue weighted by atomic mass is 10.2. The van der Waals surface area contributed by atoms with Crippen molar-refractivity contribution in [3.8, 4) is 11.6 Å². The van der Waals surface area contributed by atoms with Crippen molar-refractivity contribution >= 4 is 34.3 Å². The smallest absolute Gasteiger partial charge is 0.267 e. The van der Waals surface area contributed by atoms with Gasteiger partial charge in [0.1, 0.15) is 11.6 Å². The quantitative estimate of drug-likeness (QED) is 0.449. The number of nitrogens with zero attached hydrogens (tertiary/aromatic N) is 4. The van der Waals surface area contributed by atoms with Gasteiger partial charge >= 0.3 is 0 Å². The fourth-order valence-electron chi connectivity index (χ4n) is 3.43. The van der Waals surface area contributed by atoms with Crippen LogP contribution in [0.5, 0.6) is 5.88 Å². The van der Waals surface area contributed by atoms with Gasteiger partial charge in [0, 0.05) is 6.07 Å². The Bertz CT molecular complexity index is 1320. The molecule has 0 saturated carbocycles. The summed E-state index contributed by atoms with van der Waals surface area (Å²) in [5, 5.41) is 3.99. The summed E-state index contributed by atoms with van der Waals surface area (Å²) in [6.07, 6.45) is -0.0651. The first-order chi connectivity index (χ1) is 15.3. The molecule has 3 N–H and O–H groups in total. The van der Waals surface area contributed by atoms with Gasteiger partial charge in [0.25, 0.3) is 5.56 Å². The van der Waals surface area contributed by atoms with Crippen molar-refractivity contribution in [3.05, 3.63) is 75.8 Å². The van der Waals surface area contributed by atoms with Crippen LogP contribution in [0.15, 0.2) is 59.4 Å². The Kier molecular flexibility index (Phi) is 5.96. The summed E-state index contributed by atoms with van der Waals surface area (Å²) >= 11 is 6.35. The van der Waals surface area contributed by atoms with Gasteiger partial charge < -0.3 is 15.8 Å². The minimum Gasteiger partial charge on any atom is -0.475 e. The van der Waals surface area contributed by atoms with E-state index in [2.05, 4.69) is 15.3 Å². The maximum absolute atomic E-state index is 13.5. The minimum atomic E-state index is -0.410. The molecule has 0 unspecified atom stereocenters. The second kappa shape index (κ2) is 8.84. The third kappa shape index (κ3) is 4.36. The molecule has 2 aromatic carbocycles. The Balaban J connectivity index is 1.83. The van der Waals surface area contributed by atoms with E-state index >= 15 is 0 Å². The van der Waals surface area contributed by atoms with Crippen LogP contribution in [0.25, 0.3) is 16.6 Å². The Morgan fingerprint density at radius 2 is 1.78 bits per heavy atom. The number of halogens is 1. The summed E-state index contributed by atoms with van der Waals surface area (Å²) in [6, 6.07) is 15.8. The van der Waals surface area contributed by atoms with Crippen molar-refractivity contribution < 1.29 is 4.74 Å². The van der Waals surface area contributed by atoms with Crippen molar-refractivity contribution in [1.29, 1.82) is 0 Å². The van der Waals surface area contributed by atoms with Crippen molar-refractivity contribution in [3.63, 3.8) is 0 Å². The molecule has 164 valence electrons. The van der Waals surface area contributed by atoms with Gasteiger partial charge in [0.05, 0.1) is 33.8 Å². The number of rotatable bonds is 6. The molecule has 0 spiro atoms. The van der Waals surface area contributed by atoms with Gasteiger partial charge in [-0.05, 0) is 45.0 Å². The number of hydrogen-bond acceptors (Lipinski definition) is 7. The number of nitrogens with two attached hydrogens (primary N) is 1. The minimum absolute atomic E-state index is 0.0651. The van der Waals surface area contributed by atoms with E-state index < -0.39 is 6.04 Å². The Labute approximate surface area is 190 Å². The van der Waals surface area contributed by atoms with Gasteiger partial charge in [-0.1, -0.05) is 35.9 Å². The van der Waals surface area contributed by atoms with Crippen LogP contribution in [0, 0.1) is 0 Å². The van der Waals surface area contributed by atoms with Crippen LogP contribution in [0.4, 0.5) is 11.8 Å². The molecule has 0 aliphatic carbocycles. The molecule has 0 aliphatic rings. The van der Waals surface area contributed by atoms with Gasteiger partial charge in [-0.3, -0.25) is 9.36 Å². The molecule has 0 fully saturated rings. The zero-order chi connectivity index (χ0) is 22.8. The van der Waals surface area contributed by atoms with E-state index in [-0.39, 0.29) is 17.6 Å². The van der Waals surface area contributed by atoms with Gasteiger partial charge in [-0.25, -0.2) is 4.98 Å². The molecule has 8 nitrogen and oxygen atoms in total. The first kappa shape index (κ1) is 21.6. The van der Waals surface area contributed by atoms with Crippen LogP contribution in [0.3, 0.4) is 0 Å². The number of para-hydroxylation sites is 1. The van der Waals surface area contributed by atoms with Crippen LogP contribution in [-0.4, -0.2) is 25.6 Å². The Hall–Kier alpha value is -3.65. The SMILES string of the molecule is CC(C)Oc1cc(N[C@@H](C)c2nc3cccc(Cl)c3c(=O)n2-c2ccccc2)nc(N)n1. The number of anilines is 2. The van der Waals surface area contributed by atoms with E-state index in [1.807, 2.05) is 51.1 Å². The van der Waals surface area contributed by atoms with Crippen molar-refractivity contribution in [2.45, 2.75) is 32.9 Å². The van der Waals surface area contributed by atoms with Gasteiger partial charge in [0.2, 0.25) is 11.8 Å². The molecular weight excluding hydrogens is 428 g/mol. The first-order valence-corrected chi connectivity index (χ1v) is 10.6.